The fraction of sp³-hybridized carbons (Fsp3) is 0.176. The van der Waals surface area contributed by atoms with Crippen molar-refractivity contribution in [3.63, 3.8) is 0 Å². The molecular formula is C17H15Cl2NO3. The first-order chi connectivity index (χ1) is 11.0. The van der Waals surface area contributed by atoms with E-state index >= 15 is 0 Å². The molecule has 2 aromatic carbocycles. The Morgan fingerprint density at radius 3 is 2.39 bits per heavy atom. The minimum atomic E-state index is -0.515. The fourth-order valence-electron chi connectivity index (χ4n) is 1.79. The van der Waals surface area contributed by atoms with Crippen molar-refractivity contribution in [2.75, 3.05) is 6.54 Å². The van der Waals surface area contributed by atoms with Crippen LogP contribution in [0.15, 0.2) is 42.5 Å². The maximum atomic E-state index is 11.9. The van der Waals surface area contributed by atoms with E-state index in [0.29, 0.717) is 10.6 Å². The summed E-state index contributed by atoms with van der Waals surface area (Å²) in [5.41, 5.74) is 2.35. The summed E-state index contributed by atoms with van der Waals surface area (Å²) in [4.78, 5) is 23.6. The molecule has 0 aliphatic heterocycles. The SMILES string of the molecule is Cc1ccc(COC(=O)CNC(=O)c2ccc(Cl)c(Cl)c2)cc1. The average molecular weight is 352 g/mol. The third-order valence-corrected chi connectivity index (χ3v) is 3.83. The summed E-state index contributed by atoms with van der Waals surface area (Å²) >= 11 is 11.6. The lowest BCUT2D eigenvalue weighted by Gasteiger charge is -2.07. The minimum absolute atomic E-state index is 0.168. The lowest BCUT2D eigenvalue weighted by Crippen LogP contribution is -2.30. The molecule has 0 spiro atoms. The van der Waals surface area contributed by atoms with Gasteiger partial charge < -0.3 is 10.1 Å². The highest BCUT2D eigenvalue weighted by Gasteiger charge is 2.10. The van der Waals surface area contributed by atoms with E-state index in [4.69, 9.17) is 27.9 Å². The highest BCUT2D eigenvalue weighted by Crippen LogP contribution is 2.22. The van der Waals surface area contributed by atoms with Crippen molar-refractivity contribution in [3.05, 3.63) is 69.2 Å². The molecule has 2 rings (SSSR count). The van der Waals surface area contributed by atoms with Crippen LogP contribution in [0.1, 0.15) is 21.5 Å². The van der Waals surface area contributed by atoms with E-state index in [1.165, 1.54) is 18.2 Å². The summed E-state index contributed by atoms with van der Waals surface area (Å²) in [6, 6.07) is 12.1. The van der Waals surface area contributed by atoms with Gasteiger partial charge >= 0.3 is 5.97 Å². The first kappa shape index (κ1) is 17.3. The Balaban J connectivity index is 1.80. The third-order valence-electron chi connectivity index (χ3n) is 3.10. The Morgan fingerprint density at radius 1 is 1.04 bits per heavy atom. The number of hydrogen-bond acceptors (Lipinski definition) is 3. The number of carbonyl (C=O) groups excluding carboxylic acids is 2. The lowest BCUT2D eigenvalue weighted by molar-refractivity contribution is -0.143. The standard InChI is InChI=1S/C17H15Cl2NO3/c1-11-2-4-12(5-3-11)10-23-16(21)9-20-17(22)13-6-7-14(18)15(19)8-13/h2-8H,9-10H2,1H3,(H,20,22). The predicted molar refractivity (Wildman–Crippen MR) is 89.8 cm³/mol. The lowest BCUT2D eigenvalue weighted by atomic mass is 10.2. The number of ether oxygens (including phenoxy) is 1. The summed E-state index contributed by atoms with van der Waals surface area (Å²) in [6.07, 6.45) is 0. The Kier molecular flexibility index (Phi) is 6.02. The molecule has 0 radical (unpaired) electrons. The van der Waals surface area contributed by atoms with Gasteiger partial charge in [0.15, 0.2) is 0 Å². The monoisotopic (exact) mass is 351 g/mol. The van der Waals surface area contributed by atoms with Gasteiger partial charge in [-0.2, -0.15) is 0 Å². The van der Waals surface area contributed by atoms with Crippen LogP contribution >= 0.6 is 23.2 Å². The van der Waals surface area contributed by atoms with Gasteiger partial charge in [0, 0.05) is 5.56 Å². The maximum Gasteiger partial charge on any atom is 0.325 e. The Hall–Kier alpha value is -2.04. The van der Waals surface area contributed by atoms with Crippen molar-refractivity contribution < 1.29 is 14.3 Å². The van der Waals surface area contributed by atoms with E-state index in [1.54, 1.807) is 0 Å². The number of nitrogens with one attached hydrogen (secondary N) is 1. The summed E-state index contributed by atoms with van der Waals surface area (Å²) < 4.78 is 5.10. The molecule has 0 aromatic heterocycles. The number of amides is 1. The summed E-state index contributed by atoms with van der Waals surface area (Å²) in [6.45, 7) is 1.93. The molecule has 0 saturated heterocycles. The number of halogens is 2. The van der Waals surface area contributed by atoms with Gasteiger partial charge in [0.05, 0.1) is 10.0 Å². The van der Waals surface area contributed by atoms with E-state index < -0.39 is 11.9 Å². The van der Waals surface area contributed by atoms with Crippen LogP contribution in [0.25, 0.3) is 0 Å². The summed E-state index contributed by atoms with van der Waals surface area (Å²) in [7, 11) is 0. The van der Waals surface area contributed by atoms with Gasteiger partial charge in [-0.25, -0.2) is 0 Å². The second-order valence-electron chi connectivity index (χ2n) is 4.96. The van der Waals surface area contributed by atoms with Crippen LogP contribution in [0.4, 0.5) is 0 Å². The van der Waals surface area contributed by atoms with Gasteiger partial charge in [-0.15, -0.1) is 0 Å². The fourth-order valence-corrected chi connectivity index (χ4v) is 2.09. The van der Waals surface area contributed by atoms with Gasteiger partial charge in [-0.1, -0.05) is 53.0 Å². The summed E-state index contributed by atoms with van der Waals surface area (Å²) in [5.74, 6) is -0.935. The smallest absolute Gasteiger partial charge is 0.325 e. The second-order valence-corrected chi connectivity index (χ2v) is 5.77. The van der Waals surface area contributed by atoms with Crippen molar-refractivity contribution in [1.29, 1.82) is 0 Å². The van der Waals surface area contributed by atoms with Crippen LogP contribution in [0, 0.1) is 6.92 Å². The predicted octanol–water partition coefficient (Wildman–Crippen LogP) is 3.78. The van der Waals surface area contributed by atoms with Gasteiger partial charge in [-0.05, 0) is 30.7 Å². The molecule has 1 N–H and O–H groups in total. The van der Waals surface area contributed by atoms with Crippen LogP contribution < -0.4 is 5.32 Å². The maximum absolute atomic E-state index is 11.9. The average Bonchev–Trinajstić information content (AvgIpc) is 2.54. The number of carbonyl (C=O) groups is 2. The van der Waals surface area contributed by atoms with Gasteiger partial charge in [0.25, 0.3) is 5.91 Å². The highest BCUT2D eigenvalue weighted by atomic mass is 35.5. The minimum Gasteiger partial charge on any atom is -0.460 e. The number of aryl methyl sites for hydroxylation is 1. The molecule has 0 atom stereocenters. The second kappa shape index (κ2) is 7.99. The topological polar surface area (TPSA) is 55.4 Å². The molecule has 0 heterocycles. The van der Waals surface area contributed by atoms with Crippen molar-refractivity contribution in [2.24, 2.45) is 0 Å². The van der Waals surface area contributed by atoms with Gasteiger partial charge in [0.2, 0.25) is 0 Å². The molecule has 1 amide bonds. The third kappa shape index (κ3) is 5.27. The Bertz CT molecular complexity index is 714. The zero-order valence-corrected chi connectivity index (χ0v) is 13.9. The van der Waals surface area contributed by atoms with E-state index in [2.05, 4.69) is 5.32 Å². The van der Waals surface area contributed by atoms with Crippen LogP contribution in [0.3, 0.4) is 0 Å². The molecule has 4 nitrogen and oxygen atoms in total. The van der Waals surface area contributed by atoms with E-state index in [0.717, 1.165) is 11.1 Å². The molecule has 6 heteroatoms. The van der Waals surface area contributed by atoms with E-state index in [-0.39, 0.29) is 18.2 Å². The van der Waals surface area contributed by atoms with E-state index in [9.17, 15) is 9.59 Å². The largest absolute Gasteiger partial charge is 0.460 e. The number of hydrogen-bond donors (Lipinski definition) is 1. The normalized spacial score (nSPS) is 10.2. The zero-order valence-electron chi connectivity index (χ0n) is 12.4. The van der Waals surface area contributed by atoms with Crippen molar-refractivity contribution in [1.82, 2.24) is 5.32 Å². The number of esters is 1. The molecular weight excluding hydrogens is 337 g/mol. The first-order valence-corrected chi connectivity index (χ1v) is 7.66. The molecule has 0 aliphatic rings. The molecule has 0 aliphatic carbocycles. The highest BCUT2D eigenvalue weighted by molar-refractivity contribution is 6.42. The first-order valence-electron chi connectivity index (χ1n) is 6.90. The molecule has 0 unspecified atom stereocenters. The van der Waals surface area contributed by atoms with Gasteiger partial charge in [-0.3, -0.25) is 9.59 Å². The molecule has 23 heavy (non-hydrogen) atoms. The zero-order chi connectivity index (χ0) is 16.8. The van der Waals surface area contributed by atoms with Crippen LogP contribution in [0.5, 0.6) is 0 Å². The number of rotatable bonds is 5. The Morgan fingerprint density at radius 2 is 1.74 bits per heavy atom. The molecule has 0 fully saturated rings. The van der Waals surface area contributed by atoms with Crippen molar-refractivity contribution in [3.8, 4) is 0 Å². The molecule has 120 valence electrons. The molecule has 2 aromatic rings. The van der Waals surface area contributed by atoms with Crippen molar-refractivity contribution >= 4 is 35.1 Å². The Labute approximate surface area is 144 Å². The quantitative estimate of drug-likeness (QED) is 0.834. The molecule has 0 bridgehead atoms. The van der Waals surface area contributed by atoms with Crippen molar-refractivity contribution in [2.45, 2.75) is 13.5 Å². The number of benzene rings is 2. The van der Waals surface area contributed by atoms with Crippen LogP contribution in [-0.4, -0.2) is 18.4 Å². The van der Waals surface area contributed by atoms with Crippen LogP contribution in [-0.2, 0) is 16.1 Å². The van der Waals surface area contributed by atoms with Gasteiger partial charge in [0.1, 0.15) is 13.2 Å². The van der Waals surface area contributed by atoms with Crippen LogP contribution in [0.2, 0.25) is 10.0 Å². The summed E-state index contributed by atoms with van der Waals surface area (Å²) in [5, 5.41) is 3.12. The van der Waals surface area contributed by atoms with E-state index in [1.807, 2.05) is 31.2 Å². The molecule has 0 saturated carbocycles.